The molecule has 0 aliphatic carbocycles. The van der Waals surface area contributed by atoms with Crippen molar-refractivity contribution in [3.8, 4) is 11.3 Å². The van der Waals surface area contributed by atoms with Crippen molar-refractivity contribution in [1.29, 1.82) is 0 Å². The molecule has 0 radical (unpaired) electrons. The molecule has 2 aromatic rings. The fraction of sp³-hybridized carbons (Fsp3) is 0.250. The van der Waals surface area contributed by atoms with Crippen LogP contribution in [0.25, 0.3) is 11.3 Å². The van der Waals surface area contributed by atoms with E-state index >= 15 is 0 Å². The van der Waals surface area contributed by atoms with Crippen molar-refractivity contribution in [2.24, 2.45) is 0 Å². The first kappa shape index (κ1) is 14.2. The molecule has 0 bridgehead atoms. The Morgan fingerprint density at radius 3 is 2.60 bits per heavy atom. The first-order valence-corrected chi connectivity index (χ1v) is 6.52. The van der Waals surface area contributed by atoms with Gasteiger partial charge in [0.2, 0.25) is 0 Å². The minimum atomic E-state index is -0.119. The van der Waals surface area contributed by atoms with Gasteiger partial charge in [0.05, 0.1) is 23.6 Å². The van der Waals surface area contributed by atoms with Gasteiger partial charge in [0, 0.05) is 19.2 Å². The van der Waals surface area contributed by atoms with Gasteiger partial charge in [-0.2, -0.15) is 0 Å². The van der Waals surface area contributed by atoms with Crippen molar-refractivity contribution < 1.29 is 9.53 Å². The maximum Gasteiger partial charge on any atom is 0.253 e. The van der Waals surface area contributed by atoms with Gasteiger partial charge in [-0.1, -0.05) is 30.3 Å². The van der Waals surface area contributed by atoms with Gasteiger partial charge in [0.15, 0.2) is 0 Å². The summed E-state index contributed by atoms with van der Waals surface area (Å²) in [4.78, 5) is 16.5. The van der Waals surface area contributed by atoms with Gasteiger partial charge in [-0.25, -0.2) is 0 Å². The second-order valence-electron chi connectivity index (χ2n) is 4.44. The zero-order chi connectivity index (χ0) is 14.4. The Labute approximate surface area is 118 Å². The molecule has 1 aromatic heterocycles. The van der Waals surface area contributed by atoms with Gasteiger partial charge in [-0.15, -0.1) is 0 Å². The SMILES string of the molecule is COCCNC(=O)c1ccc(-c2ccccc2)nc1C. The fourth-order valence-corrected chi connectivity index (χ4v) is 1.93. The van der Waals surface area contributed by atoms with E-state index < -0.39 is 0 Å². The number of hydrogen-bond donors (Lipinski definition) is 1. The van der Waals surface area contributed by atoms with Crippen LogP contribution in [0.4, 0.5) is 0 Å². The largest absolute Gasteiger partial charge is 0.383 e. The lowest BCUT2D eigenvalue weighted by atomic mass is 10.1. The van der Waals surface area contributed by atoms with Crippen molar-refractivity contribution in [3.63, 3.8) is 0 Å². The highest BCUT2D eigenvalue weighted by Crippen LogP contribution is 2.18. The molecule has 0 spiro atoms. The van der Waals surface area contributed by atoms with Crippen LogP contribution in [0.15, 0.2) is 42.5 Å². The molecular weight excluding hydrogens is 252 g/mol. The molecule has 0 aliphatic rings. The van der Waals surface area contributed by atoms with Crippen LogP contribution >= 0.6 is 0 Å². The van der Waals surface area contributed by atoms with Gasteiger partial charge < -0.3 is 10.1 Å². The minimum absolute atomic E-state index is 0.119. The lowest BCUT2D eigenvalue weighted by Gasteiger charge is -2.08. The number of methoxy groups -OCH3 is 1. The van der Waals surface area contributed by atoms with Gasteiger partial charge in [-0.05, 0) is 19.1 Å². The summed E-state index contributed by atoms with van der Waals surface area (Å²) in [6.07, 6.45) is 0. The molecule has 0 fully saturated rings. The quantitative estimate of drug-likeness (QED) is 0.849. The molecule has 2 rings (SSSR count). The number of benzene rings is 1. The van der Waals surface area contributed by atoms with Crippen LogP contribution < -0.4 is 5.32 Å². The molecular formula is C16H18N2O2. The predicted octanol–water partition coefficient (Wildman–Crippen LogP) is 2.43. The highest BCUT2D eigenvalue weighted by molar-refractivity contribution is 5.95. The van der Waals surface area contributed by atoms with Crippen LogP contribution in [-0.4, -0.2) is 31.2 Å². The van der Waals surface area contributed by atoms with E-state index in [1.165, 1.54) is 0 Å². The number of nitrogens with zero attached hydrogens (tertiary/aromatic N) is 1. The predicted molar refractivity (Wildman–Crippen MR) is 78.6 cm³/mol. The molecule has 0 aliphatic heterocycles. The number of nitrogens with one attached hydrogen (secondary N) is 1. The summed E-state index contributed by atoms with van der Waals surface area (Å²) in [6.45, 7) is 2.84. The number of carbonyl (C=O) groups excluding carboxylic acids is 1. The number of hydrogen-bond acceptors (Lipinski definition) is 3. The summed E-state index contributed by atoms with van der Waals surface area (Å²) in [7, 11) is 1.60. The lowest BCUT2D eigenvalue weighted by molar-refractivity contribution is 0.0936. The van der Waals surface area contributed by atoms with E-state index in [1.807, 2.05) is 49.4 Å². The van der Waals surface area contributed by atoms with Gasteiger partial charge in [0.25, 0.3) is 5.91 Å². The summed E-state index contributed by atoms with van der Waals surface area (Å²) in [5.41, 5.74) is 3.24. The molecule has 1 aromatic carbocycles. The third kappa shape index (κ3) is 3.42. The van der Waals surface area contributed by atoms with E-state index in [0.717, 1.165) is 17.0 Å². The Balaban J connectivity index is 2.16. The summed E-state index contributed by atoms with van der Waals surface area (Å²) in [5.74, 6) is -0.119. The molecule has 4 nitrogen and oxygen atoms in total. The zero-order valence-corrected chi connectivity index (χ0v) is 11.7. The van der Waals surface area contributed by atoms with E-state index in [0.29, 0.717) is 18.7 Å². The molecule has 1 N–H and O–H groups in total. The number of carbonyl (C=O) groups is 1. The van der Waals surface area contributed by atoms with Crippen molar-refractivity contribution >= 4 is 5.91 Å². The Morgan fingerprint density at radius 2 is 1.95 bits per heavy atom. The average Bonchev–Trinajstić information content (AvgIpc) is 2.48. The molecule has 20 heavy (non-hydrogen) atoms. The summed E-state index contributed by atoms with van der Waals surface area (Å²) >= 11 is 0. The van der Waals surface area contributed by atoms with Gasteiger partial charge in [0.1, 0.15) is 0 Å². The van der Waals surface area contributed by atoms with Crippen LogP contribution in [0.5, 0.6) is 0 Å². The molecule has 1 heterocycles. The smallest absolute Gasteiger partial charge is 0.253 e. The minimum Gasteiger partial charge on any atom is -0.383 e. The lowest BCUT2D eigenvalue weighted by Crippen LogP contribution is -2.27. The number of amides is 1. The van der Waals surface area contributed by atoms with E-state index in [2.05, 4.69) is 10.3 Å². The van der Waals surface area contributed by atoms with Crippen LogP contribution in [0.3, 0.4) is 0 Å². The van der Waals surface area contributed by atoms with E-state index in [9.17, 15) is 4.79 Å². The molecule has 0 saturated heterocycles. The molecule has 0 unspecified atom stereocenters. The molecule has 104 valence electrons. The Morgan fingerprint density at radius 1 is 1.20 bits per heavy atom. The maximum atomic E-state index is 12.0. The monoisotopic (exact) mass is 270 g/mol. The second-order valence-corrected chi connectivity index (χ2v) is 4.44. The van der Waals surface area contributed by atoms with Crippen LogP contribution in [-0.2, 0) is 4.74 Å². The Bertz CT molecular complexity index is 582. The highest BCUT2D eigenvalue weighted by Gasteiger charge is 2.10. The standard InChI is InChI=1S/C16H18N2O2/c1-12-14(16(19)17-10-11-20-2)8-9-15(18-12)13-6-4-3-5-7-13/h3-9H,10-11H2,1-2H3,(H,17,19). The number of rotatable bonds is 5. The summed E-state index contributed by atoms with van der Waals surface area (Å²) in [5, 5.41) is 2.80. The van der Waals surface area contributed by atoms with Gasteiger partial charge in [-0.3, -0.25) is 9.78 Å². The van der Waals surface area contributed by atoms with E-state index in [-0.39, 0.29) is 5.91 Å². The topological polar surface area (TPSA) is 51.2 Å². The zero-order valence-electron chi connectivity index (χ0n) is 11.7. The average molecular weight is 270 g/mol. The number of ether oxygens (including phenoxy) is 1. The third-order valence-corrected chi connectivity index (χ3v) is 2.99. The second kappa shape index (κ2) is 6.82. The third-order valence-electron chi connectivity index (χ3n) is 2.99. The summed E-state index contributed by atoms with van der Waals surface area (Å²) < 4.78 is 4.90. The maximum absolute atomic E-state index is 12.0. The molecule has 1 amide bonds. The number of aromatic nitrogens is 1. The van der Waals surface area contributed by atoms with Crippen LogP contribution in [0, 0.1) is 6.92 Å². The Kier molecular flexibility index (Phi) is 4.85. The number of aryl methyl sites for hydroxylation is 1. The highest BCUT2D eigenvalue weighted by atomic mass is 16.5. The van der Waals surface area contributed by atoms with Crippen LogP contribution in [0.1, 0.15) is 16.1 Å². The van der Waals surface area contributed by atoms with Gasteiger partial charge >= 0.3 is 0 Å². The van der Waals surface area contributed by atoms with Crippen molar-refractivity contribution in [3.05, 3.63) is 53.7 Å². The van der Waals surface area contributed by atoms with Crippen molar-refractivity contribution in [2.75, 3.05) is 20.3 Å². The molecule has 0 saturated carbocycles. The first-order valence-electron chi connectivity index (χ1n) is 6.52. The summed E-state index contributed by atoms with van der Waals surface area (Å²) in [6, 6.07) is 13.6. The number of pyridine rings is 1. The van der Waals surface area contributed by atoms with E-state index in [1.54, 1.807) is 7.11 Å². The normalized spacial score (nSPS) is 10.3. The van der Waals surface area contributed by atoms with Crippen LogP contribution in [0.2, 0.25) is 0 Å². The first-order chi connectivity index (χ1) is 9.72. The fourth-order valence-electron chi connectivity index (χ4n) is 1.93. The Hall–Kier alpha value is -2.20. The molecule has 0 atom stereocenters. The van der Waals surface area contributed by atoms with Crippen molar-refractivity contribution in [1.82, 2.24) is 10.3 Å². The van der Waals surface area contributed by atoms with Crippen molar-refractivity contribution in [2.45, 2.75) is 6.92 Å². The van der Waals surface area contributed by atoms with E-state index in [4.69, 9.17) is 4.74 Å². The molecule has 4 heteroatoms.